The van der Waals surface area contributed by atoms with E-state index in [0.29, 0.717) is 0 Å². The summed E-state index contributed by atoms with van der Waals surface area (Å²) in [7, 11) is 2.00. The minimum Gasteiger partial charge on any atom is -0.337 e. The highest BCUT2D eigenvalue weighted by atomic mass is 32.1. The molecule has 0 aromatic carbocycles. The van der Waals surface area contributed by atoms with Crippen molar-refractivity contribution in [1.29, 1.82) is 0 Å². The van der Waals surface area contributed by atoms with Crippen LogP contribution in [0.2, 0.25) is 0 Å². The number of likely N-dealkylation sites (tertiary alicyclic amines) is 1. The molecule has 4 heterocycles. The number of aromatic nitrogens is 3. The third-order valence-corrected chi connectivity index (χ3v) is 5.44. The number of thiophene rings is 1. The molecule has 0 bridgehead atoms. The van der Waals surface area contributed by atoms with E-state index in [2.05, 4.69) is 9.55 Å². The van der Waals surface area contributed by atoms with Crippen LogP contribution in [0, 0.1) is 6.92 Å². The lowest BCUT2D eigenvalue weighted by Gasteiger charge is -2.15. The molecule has 118 valence electrons. The quantitative estimate of drug-likeness (QED) is 0.727. The van der Waals surface area contributed by atoms with Gasteiger partial charge in [0.05, 0.1) is 4.88 Å². The number of fused-ring (bicyclic) bond motifs is 1. The van der Waals surface area contributed by atoms with Crippen molar-refractivity contribution < 1.29 is 4.79 Å². The lowest BCUT2D eigenvalue weighted by molar-refractivity contribution is 0.0795. The molecule has 5 nitrogen and oxygen atoms in total. The van der Waals surface area contributed by atoms with Gasteiger partial charge in [-0.3, -0.25) is 4.79 Å². The van der Waals surface area contributed by atoms with E-state index in [-0.39, 0.29) is 11.8 Å². The van der Waals surface area contributed by atoms with E-state index >= 15 is 0 Å². The Balaban J connectivity index is 1.58. The van der Waals surface area contributed by atoms with Crippen LogP contribution in [0.3, 0.4) is 0 Å². The molecule has 1 saturated heterocycles. The molecule has 1 aliphatic heterocycles. The third-order valence-electron chi connectivity index (χ3n) is 4.45. The Hall–Kier alpha value is -2.21. The first-order chi connectivity index (χ1) is 11.1. The molecular formula is C17H18N4OS. The first-order valence-corrected chi connectivity index (χ1v) is 8.58. The van der Waals surface area contributed by atoms with E-state index in [1.165, 1.54) is 4.88 Å². The van der Waals surface area contributed by atoms with E-state index in [4.69, 9.17) is 4.98 Å². The van der Waals surface area contributed by atoms with Gasteiger partial charge in [-0.25, -0.2) is 9.97 Å². The van der Waals surface area contributed by atoms with Gasteiger partial charge in [0, 0.05) is 37.1 Å². The molecule has 3 aromatic heterocycles. The van der Waals surface area contributed by atoms with Crippen LogP contribution in [0.15, 0.2) is 30.5 Å². The van der Waals surface area contributed by atoms with Crippen LogP contribution in [-0.4, -0.2) is 38.4 Å². The average molecular weight is 326 g/mol. The van der Waals surface area contributed by atoms with Crippen molar-refractivity contribution in [3.8, 4) is 0 Å². The molecule has 1 aliphatic rings. The smallest absolute Gasteiger partial charge is 0.263 e. The number of imidazole rings is 1. The van der Waals surface area contributed by atoms with Crippen molar-refractivity contribution in [3.05, 3.63) is 46.0 Å². The molecular weight excluding hydrogens is 308 g/mol. The van der Waals surface area contributed by atoms with Crippen molar-refractivity contribution in [3.63, 3.8) is 0 Å². The number of carbonyl (C=O) groups excluding carboxylic acids is 1. The summed E-state index contributed by atoms with van der Waals surface area (Å²) < 4.78 is 2.06. The Kier molecular flexibility index (Phi) is 3.41. The molecule has 0 spiro atoms. The van der Waals surface area contributed by atoms with Crippen molar-refractivity contribution >= 4 is 28.4 Å². The maximum atomic E-state index is 12.6. The minimum atomic E-state index is 0.141. The standard InChI is InChI=1S/C17H18N4OS/c1-11-5-6-14(23-11)17(22)21-9-7-12(10-21)15-19-13-4-3-8-18-16(13)20(15)2/h3-6,8,12H,7,9-10H2,1-2H3/t12-/m0/s1. The van der Waals surface area contributed by atoms with Crippen molar-refractivity contribution in [2.45, 2.75) is 19.3 Å². The lowest BCUT2D eigenvalue weighted by Crippen LogP contribution is -2.28. The molecule has 1 fully saturated rings. The summed E-state index contributed by atoms with van der Waals surface area (Å²) in [6, 6.07) is 7.82. The molecule has 1 atom stereocenters. The van der Waals surface area contributed by atoms with Crippen LogP contribution in [0.1, 0.15) is 32.7 Å². The first kappa shape index (κ1) is 14.4. The van der Waals surface area contributed by atoms with E-state index in [1.54, 1.807) is 17.5 Å². The highest BCUT2D eigenvalue weighted by Gasteiger charge is 2.31. The molecule has 6 heteroatoms. The summed E-state index contributed by atoms with van der Waals surface area (Å²) in [5, 5.41) is 0. The van der Waals surface area contributed by atoms with Crippen molar-refractivity contribution in [2.75, 3.05) is 13.1 Å². The predicted molar refractivity (Wildman–Crippen MR) is 90.8 cm³/mol. The summed E-state index contributed by atoms with van der Waals surface area (Å²) in [6.45, 7) is 3.55. The zero-order chi connectivity index (χ0) is 16.0. The number of rotatable bonds is 2. The van der Waals surface area contributed by atoms with Gasteiger partial charge in [-0.05, 0) is 37.6 Å². The maximum absolute atomic E-state index is 12.6. The highest BCUT2D eigenvalue weighted by Crippen LogP contribution is 2.30. The first-order valence-electron chi connectivity index (χ1n) is 7.76. The summed E-state index contributed by atoms with van der Waals surface area (Å²) in [4.78, 5) is 25.7. The van der Waals surface area contributed by atoms with Crippen LogP contribution >= 0.6 is 11.3 Å². The Morgan fingerprint density at radius 3 is 2.96 bits per heavy atom. The summed E-state index contributed by atoms with van der Waals surface area (Å²) in [5.74, 6) is 1.44. The Bertz CT molecular complexity index is 882. The van der Waals surface area contributed by atoms with Gasteiger partial charge in [0.15, 0.2) is 5.65 Å². The highest BCUT2D eigenvalue weighted by molar-refractivity contribution is 7.13. The lowest BCUT2D eigenvalue weighted by atomic mass is 10.1. The summed E-state index contributed by atoms with van der Waals surface area (Å²) in [5.41, 5.74) is 1.82. The Labute approximate surface area is 138 Å². The molecule has 3 aromatic rings. The second kappa shape index (κ2) is 5.45. The zero-order valence-corrected chi connectivity index (χ0v) is 14.0. The summed E-state index contributed by atoms with van der Waals surface area (Å²) in [6.07, 6.45) is 2.74. The number of pyridine rings is 1. The average Bonchev–Trinajstić information content (AvgIpc) is 3.26. The predicted octanol–water partition coefficient (Wildman–Crippen LogP) is 2.97. The number of carbonyl (C=O) groups is 1. The molecule has 0 aliphatic carbocycles. The zero-order valence-electron chi connectivity index (χ0n) is 13.2. The van der Waals surface area contributed by atoms with Crippen LogP contribution < -0.4 is 0 Å². The molecule has 0 saturated carbocycles. The van der Waals surface area contributed by atoms with Gasteiger partial charge >= 0.3 is 0 Å². The van der Waals surface area contributed by atoms with Crippen molar-refractivity contribution in [1.82, 2.24) is 19.4 Å². The Morgan fingerprint density at radius 1 is 1.35 bits per heavy atom. The molecule has 0 unspecified atom stereocenters. The second-order valence-electron chi connectivity index (χ2n) is 6.02. The summed E-state index contributed by atoms with van der Waals surface area (Å²) >= 11 is 1.56. The molecule has 4 rings (SSSR count). The fourth-order valence-electron chi connectivity index (χ4n) is 3.27. The largest absolute Gasteiger partial charge is 0.337 e. The SMILES string of the molecule is Cc1ccc(C(=O)N2CC[C@H](c3nc4cccnc4n3C)C2)s1. The minimum absolute atomic E-state index is 0.141. The van der Waals surface area contributed by atoms with E-state index in [9.17, 15) is 4.79 Å². The van der Waals surface area contributed by atoms with Gasteiger partial charge in [-0.15, -0.1) is 11.3 Å². The van der Waals surface area contributed by atoms with Crippen LogP contribution in [-0.2, 0) is 7.05 Å². The molecule has 1 amide bonds. The Morgan fingerprint density at radius 2 is 2.22 bits per heavy atom. The third kappa shape index (κ3) is 2.43. The van der Waals surface area contributed by atoms with Gasteiger partial charge in [-0.1, -0.05) is 0 Å². The number of amides is 1. The van der Waals surface area contributed by atoms with E-state index in [1.807, 2.05) is 43.1 Å². The van der Waals surface area contributed by atoms with E-state index in [0.717, 1.165) is 41.4 Å². The number of hydrogen-bond acceptors (Lipinski definition) is 4. The van der Waals surface area contributed by atoms with Gasteiger partial charge in [0.25, 0.3) is 5.91 Å². The topological polar surface area (TPSA) is 51.0 Å². The number of hydrogen-bond donors (Lipinski definition) is 0. The van der Waals surface area contributed by atoms with Gasteiger partial charge in [0.2, 0.25) is 0 Å². The van der Waals surface area contributed by atoms with E-state index < -0.39 is 0 Å². The maximum Gasteiger partial charge on any atom is 0.263 e. The fraction of sp³-hybridized carbons (Fsp3) is 0.353. The second-order valence-corrected chi connectivity index (χ2v) is 7.31. The molecule has 0 N–H and O–H groups in total. The van der Waals surface area contributed by atoms with Gasteiger partial charge in [0.1, 0.15) is 11.3 Å². The van der Waals surface area contributed by atoms with Crippen molar-refractivity contribution in [2.24, 2.45) is 7.05 Å². The number of aryl methyl sites for hydroxylation is 2. The van der Waals surface area contributed by atoms with Crippen LogP contribution in [0.5, 0.6) is 0 Å². The number of nitrogens with zero attached hydrogens (tertiary/aromatic N) is 4. The normalized spacial score (nSPS) is 18.0. The van der Waals surface area contributed by atoms with Gasteiger partial charge < -0.3 is 9.47 Å². The molecule has 23 heavy (non-hydrogen) atoms. The molecule has 0 radical (unpaired) electrons. The van der Waals surface area contributed by atoms with Gasteiger partial charge in [-0.2, -0.15) is 0 Å². The van der Waals surface area contributed by atoms with Crippen LogP contribution in [0.25, 0.3) is 11.2 Å². The van der Waals surface area contributed by atoms with Crippen LogP contribution in [0.4, 0.5) is 0 Å². The monoisotopic (exact) mass is 326 g/mol. The fourth-order valence-corrected chi connectivity index (χ4v) is 4.10.